The molecule has 2 rings (SSSR count). The zero-order chi connectivity index (χ0) is 18.4. The monoisotopic (exact) mass is 337 g/mol. The van der Waals surface area contributed by atoms with E-state index in [0.29, 0.717) is 12.2 Å². The van der Waals surface area contributed by atoms with Crippen molar-refractivity contribution < 1.29 is 14.3 Å². The van der Waals surface area contributed by atoms with Crippen molar-refractivity contribution in [1.82, 2.24) is 0 Å². The van der Waals surface area contributed by atoms with Crippen molar-refractivity contribution in [3.05, 3.63) is 65.2 Å². The minimum Gasteiger partial charge on any atom is -0.489 e. The summed E-state index contributed by atoms with van der Waals surface area (Å²) in [7, 11) is 0. The molecular formula is C21H23NO3. The highest BCUT2D eigenvalue weighted by molar-refractivity contribution is 5.89. The van der Waals surface area contributed by atoms with Crippen LogP contribution in [0.1, 0.15) is 49.2 Å². The maximum Gasteiger partial charge on any atom is 0.339 e. The van der Waals surface area contributed by atoms with Gasteiger partial charge < -0.3 is 9.47 Å². The maximum absolute atomic E-state index is 11.8. The number of nitriles is 1. The van der Waals surface area contributed by atoms with Crippen molar-refractivity contribution in [1.29, 1.82) is 5.26 Å². The second-order valence-corrected chi connectivity index (χ2v) is 6.94. The summed E-state index contributed by atoms with van der Waals surface area (Å²) in [6.45, 7) is 8.47. The highest BCUT2D eigenvalue weighted by Crippen LogP contribution is 2.24. The third-order valence-corrected chi connectivity index (χ3v) is 3.78. The van der Waals surface area contributed by atoms with E-state index in [1.807, 2.05) is 30.3 Å². The van der Waals surface area contributed by atoms with Gasteiger partial charge >= 0.3 is 5.97 Å². The van der Waals surface area contributed by atoms with E-state index in [2.05, 4.69) is 32.9 Å². The zero-order valence-corrected chi connectivity index (χ0v) is 15.1. The third kappa shape index (κ3) is 5.36. The van der Waals surface area contributed by atoms with Crippen molar-refractivity contribution in [2.45, 2.75) is 45.8 Å². The largest absolute Gasteiger partial charge is 0.489 e. The Morgan fingerprint density at radius 3 is 2.20 bits per heavy atom. The standard InChI is InChI=1S/C21H23NO3/c1-15(13-22)25-20(23)17-7-5-16(6-8-17)14-24-19-11-9-18(10-12-19)21(2,3)4/h5-12,15H,14H2,1-4H3/t15-/m1/s1. The number of nitrogens with zero attached hydrogens (tertiary/aromatic N) is 1. The van der Waals surface area contributed by atoms with E-state index in [4.69, 9.17) is 14.7 Å². The molecule has 0 aliphatic heterocycles. The Bertz CT molecular complexity index is 750. The first-order valence-electron chi connectivity index (χ1n) is 8.22. The molecule has 0 saturated heterocycles. The summed E-state index contributed by atoms with van der Waals surface area (Å²) >= 11 is 0. The molecule has 0 unspecified atom stereocenters. The number of carbonyl (C=O) groups is 1. The van der Waals surface area contributed by atoms with E-state index in [9.17, 15) is 4.79 Å². The molecule has 0 bridgehead atoms. The van der Waals surface area contributed by atoms with Gasteiger partial charge in [0.25, 0.3) is 0 Å². The summed E-state index contributed by atoms with van der Waals surface area (Å²) in [5.41, 5.74) is 2.74. The quantitative estimate of drug-likeness (QED) is 0.746. The lowest BCUT2D eigenvalue weighted by atomic mass is 9.87. The molecule has 0 aromatic heterocycles. The van der Waals surface area contributed by atoms with Crippen LogP contribution in [0, 0.1) is 11.3 Å². The topological polar surface area (TPSA) is 59.3 Å². The Kier molecular flexibility index (Phi) is 5.82. The molecule has 2 aromatic carbocycles. The van der Waals surface area contributed by atoms with Crippen molar-refractivity contribution in [2.24, 2.45) is 0 Å². The molecule has 1 atom stereocenters. The summed E-state index contributed by atoms with van der Waals surface area (Å²) in [6, 6.07) is 16.9. The lowest BCUT2D eigenvalue weighted by molar-refractivity contribution is 0.0435. The number of rotatable bonds is 5. The average Bonchev–Trinajstić information content (AvgIpc) is 2.59. The number of ether oxygens (including phenoxy) is 2. The molecule has 0 spiro atoms. The van der Waals surface area contributed by atoms with Gasteiger partial charge in [-0.3, -0.25) is 0 Å². The average molecular weight is 337 g/mol. The van der Waals surface area contributed by atoms with Crippen LogP contribution in [0.5, 0.6) is 5.75 Å². The predicted octanol–water partition coefficient (Wildman–Crippen LogP) is 4.63. The summed E-state index contributed by atoms with van der Waals surface area (Å²) in [5, 5.41) is 8.67. The smallest absolute Gasteiger partial charge is 0.339 e. The van der Waals surface area contributed by atoms with Gasteiger partial charge in [-0.15, -0.1) is 0 Å². The molecule has 2 aromatic rings. The second kappa shape index (κ2) is 7.85. The number of carbonyl (C=O) groups excluding carboxylic acids is 1. The van der Waals surface area contributed by atoms with Crippen LogP contribution < -0.4 is 4.74 Å². The van der Waals surface area contributed by atoms with Crippen LogP contribution in [0.25, 0.3) is 0 Å². The minimum absolute atomic E-state index is 0.117. The van der Waals surface area contributed by atoms with Gasteiger partial charge in [0.15, 0.2) is 6.10 Å². The fourth-order valence-electron chi connectivity index (χ4n) is 2.21. The van der Waals surface area contributed by atoms with Gasteiger partial charge in [-0.25, -0.2) is 4.79 Å². The molecule has 25 heavy (non-hydrogen) atoms. The van der Waals surface area contributed by atoms with Crippen LogP contribution >= 0.6 is 0 Å². The number of hydrogen-bond donors (Lipinski definition) is 0. The highest BCUT2D eigenvalue weighted by atomic mass is 16.5. The molecule has 0 aliphatic rings. The van der Waals surface area contributed by atoms with Crippen molar-refractivity contribution >= 4 is 5.97 Å². The van der Waals surface area contributed by atoms with Crippen LogP contribution in [-0.4, -0.2) is 12.1 Å². The summed E-state index contributed by atoms with van der Waals surface area (Å²) in [4.78, 5) is 11.8. The van der Waals surface area contributed by atoms with E-state index in [1.54, 1.807) is 12.1 Å². The van der Waals surface area contributed by atoms with Gasteiger partial charge in [0.05, 0.1) is 5.56 Å². The Balaban J connectivity index is 1.93. The molecule has 0 fully saturated rings. The number of esters is 1. The Morgan fingerprint density at radius 2 is 1.68 bits per heavy atom. The zero-order valence-electron chi connectivity index (χ0n) is 15.1. The van der Waals surface area contributed by atoms with E-state index in [-0.39, 0.29) is 5.41 Å². The van der Waals surface area contributed by atoms with Crippen LogP contribution in [-0.2, 0) is 16.8 Å². The summed E-state index contributed by atoms with van der Waals surface area (Å²) < 4.78 is 10.7. The lowest BCUT2D eigenvalue weighted by Gasteiger charge is -2.19. The molecular weight excluding hydrogens is 314 g/mol. The van der Waals surface area contributed by atoms with E-state index < -0.39 is 12.1 Å². The Hall–Kier alpha value is -2.80. The van der Waals surface area contributed by atoms with Gasteiger partial charge in [-0.2, -0.15) is 5.26 Å². The first kappa shape index (κ1) is 18.5. The molecule has 0 aliphatic carbocycles. The van der Waals surface area contributed by atoms with E-state index in [0.717, 1.165) is 11.3 Å². The number of hydrogen-bond acceptors (Lipinski definition) is 4. The fourth-order valence-corrected chi connectivity index (χ4v) is 2.21. The minimum atomic E-state index is -0.758. The molecule has 0 radical (unpaired) electrons. The molecule has 0 heterocycles. The van der Waals surface area contributed by atoms with Crippen molar-refractivity contribution in [2.75, 3.05) is 0 Å². The summed E-state index contributed by atoms with van der Waals surface area (Å²) in [6.07, 6.45) is -0.758. The SMILES string of the molecule is C[C@H](C#N)OC(=O)c1ccc(COc2ccc(C(C)(C)C)cc2)cc1. The fraction of sp³-hybridized carbons (Fsp3) is 0.333. The Labute approximate surface area is 149 Å². The Morgan fingerprint density at radius 1 is 1.08 bits per heavy atom. The van der Waals surface area contributed by atoms with Gasteiger partial charge in [-0.05, 0) is 47.7 Å². The summed E-state index contributed by atoms with van der Waals surface area (Å²) in [5.74, 6) is 0.304. The molecule has 0 saturated carbocycles. The van der Waals surface area contributed by atoms with Crippen LogP contribution in [0.2, 0.25) is 0 Å². The highest BCUT2D eigenvalue weighted by Gasteiger charge is 2.13. The maximum atomic E-state index is 11.8. The molecule has 4 nitrogen and oxygen atoms in total. The van der Waals surface area contributed by atoms with E-state index >= 15 is 0 Å². The molecule has 0 amide bonds. The molecule has 0 N–H and O–H groups in total. The first-order chi connectivity index (χ1) is 11.8. The van der Waals surface area contributed by atoms with Gasteiger partial charge in [-0.1, -0.05) is 45.0 Å². The van der Waals surface area contributed by atoms with Gasteiger partial charge in [0.2, 0.25) is 0 Å². The molecule has 4 heteroatoms. The van der Waals surface area contributed by atoms with Crippen molar-refractivity contribution in [3.63, 3.8) is 0 Å². The van der Waals surface area contributed by atoms with E-state index in [1.165, 1.54) is 12.5 Å². The third-order valence-electron chi connectivity index (χ3n) is 3.78. The number of benzene rings is 2. The second-order valence-electron chi connectivity index (χ2n) is 6.94. The van der Waals surface area contributed by atoms with Crippen LogP contribution in [0.15, 0.2) is 48.5 Å². The van der Waals surface area contributed by atoms with Gasteiger partial charge in [0.1, 0.15) is 18.4 Å². The first-order valence-corrected chi connectivity index (χ1v) is 8.22. The predicted molar refractivity (Wildman–Crippen MR) is 96.4 cm³/mol. The lowest BCUT2D eigenvalue weighted by Crippen LogP contribution is -2.13. The normalized spacial score (nSPS) is 12.1. The van der Waals surface area contributed by atoms with Gasteiger partial charge in [0, 0.05) is 0 Å². The van der Waals surface area contributed by atoms with Crippen LogP contribution in [0.3, 0.4) is 0 Å². The van der Waals surface area contributed by atoms with Crippen LogP contribution in [0.4, 0.5) is 0 Å². The van der Waals surface area contributed by atoms with Crippen molar-refractivity contribution in [3.8, 4) is 11.8 Å². The molecule has 130 valence electrons.